The fraction of sp³-hybridized carbons (Fsp3) is 0.214. The van der Waals surface area contributed by atoms with Gasteiger partial charge >= 0.3 is 5.97 Å². The van der Waals surface area contributed by atoms with Gasteiger partial charge in [0, 0.05) is 5.56 Å². The summed E-state index contributed by atoms with van der Waals surface area (Å²) in [6.45, 7) is 0. The Morgan fingerprint density at radius 3 is 2.72 bits per heavy atom. The van der Waals surface area contributed by atoms with Crippen LogP contribution in [0.25, 0.3) is 0 Å². The molecule has 0 fully saturated rings. The maximum Gasteiger partial charge on any atom is 0.311 e. The van der Waals surface area contributed by atoms with Crippen LogP contribution in [0.3, 0.4) is 0 Å². The van der Waals surface area contributed by atoms with Crippen LogP contribution in [-0.2, 0) is 11.2 Å². The van der Waals surface area contributed by atoms with Crippen LogP contribution in [0, 0.1) is 5.82 Å². The van der Waals surface area contributed by atoms with E-state index in [1.165, 1.54) is 6.07 Å². The third-order valence-corrected chi connectivity index (χ3v) is 3.61. The predicted octanol–water partition coefficient (Wildman–Crippen LogP) is 3.69. The summed E-state index contributed by atoms with van der Waals surface area (Å²) in [4.78, 5) is 11.2. The second kappa shape index (κ2) is 5.78. The van der Waals surface area contributed by atoms with E-state index in [9.17, 15) is 14.3 Å². The minimum Gasteiger partial charge on any atom is -0.481 e. The Morgan fingerprint density at radius 2 is 2.11 bits per heavy atom. The number of carboxylic acid groups (broad SMARTS) is 1. The largest absolute Gasteiger partial charge is 0.481 e. The van der Waals surface area contributed by atoms with E-state index in [0.29, 0.717) is 12.8 Å². The second-order valence-electron chi connectivity index (χ2n) is 4.08. The molecule has 2 aromatic rings. The van der Waals surface area contributed by atoms with Crippen molar-refractivity contribution < 1.29 is 14.3 Å². The normalized spacial score (nSPS) is 12.3. The van der Waals surface area contributed by atoms with Crippen molar-refractivity contribution in [3.8, 4) is 0 Å². The third-order valence-electron chi connectivity index (χ3n) is 2.88. The molecule has 0 saturated carbocycles. The van der Waals surface area contributed by atoms with Gasteiger partial charge in [-0.2, -0.15) is 11.3 Å². The lowest BCUT2D eigenvalue weighted by Gasteiger charge is -2.13. The molecule has 0 aliphatic heterocycles. The van der Waals surface area contributed by atoms with Gasteiger partial charge in [0.25, 0.3) is 0 Å². The minimum absolute atomic E-state index is 0.264. The topological polar surface area (TPSA) is 37.3 Å². The van der Waals surface area contributed by atoms with Crippen molar-refractivity contribution in [2.45, 2.75) is 18.8 Å². The van der Waals surface area contributed by atoms with Crippen molar-refractivity contribution in [2.75, 3.05) is 0 Å². The van der Waals surface area contributed by atoms with E-state index in [2.05, 4.69) is 0 Å². The van der Waals surface area contributed by atoms with Crippen LogP contribution in [0.5, 0.6) is 0 Å². The summed E-state index contributed by atoms with van der Waals surface area (Å²) >= 11 is 1.58. The molecule has 0 saturated heterocycles. The van der Waals surface area contributed by atoms with Gasteiger partial charge in [-0.1, -0.05) is 18.2 Å². The predicted molar refractivity (Wildman–Crippen MR) is 69.4 cm³/mol. The van der Waals surface area contributed by atoms with E-state index >= 15 is 0 Å². The smallest absolute Gasteiger partial charge is 0.311 e. The van der Waals surface area contributed by atoms with Crippen LogP contribution in [-0.4, -0.2) is 11.1 Å². The maximum atomic E-state index is 13.6. The fourth-order valence-corrected chi connectivity index (χ4v) is 2.62. The lowest BCUT2D eigenvalue weighted by atomic mass is 9.92. The van der Waals surface area contributed by atoms with Gasteiger partial charge in [-0.3, -0.25) is 4.79 Å². The molecule has 0 radical (unpaired) electrons. The number of hydrogen-bond acceptors (Lipinski definition) is 2. The first-order chi connectivity index (χ1) is 8.68. The Bertz CT molecular complexity index is 522. The molecule has 0 aliphatic carbocycles. The Balaban J connectivity index is 2.14. The molecule has 94 valence electrons. The number of carboxylic acids is 1. The van der Waals surface area contributed by atoms with Crippen LogP contribution in [0.4, 0.5) is 4.39 Å². The summed E-state index contributed by atoms with van der Waals surface area (Å²) in [5, 5.41) is 13.2. The van der Waals surface area contributed by atoms with Crippen LogP contribution in [0.15, 0.2) is 41.1 Å². The van der Waals surface area contributed by atoms with Crippen molar-refractivity contribution >= 4 is 17.3 Å². The van der Waals surface area contributed by atoms with Crippen molar-refractivity contribution in [2.24, 2.45) is 0 Å². The van der Waals surface area contributed by atoms with Crippen LogP contribution in [0.1, 0.15) is 23.5 Å². The van der Waals surface area contributed by atoms with Gasteiger partial charge < -0.3 is 5.11 Å². The number of aliphatic carboxylic acids is 1. The first kappa shape index (κ1) is 12.8. The highest BCUT2D eigenvalue weighted by molar-refractivity contribution is 7.07. The summed E-state index contributed by atoms with van der Waals surface area (Å²) in [5.41, 5.74) is 1.36. The first-order valence-electron chi connectivity index (χ1n) is 5.67. The molecule has 1 N–H and O–H groups in total. The molecule has 2 rings (SSSR count). The van der Waals surface area contributed by atoms with Gasteiger partial charge in [0.05, 0.1) is 5.92 Å². The molecule has 1 aromatic heterocycles. The van der Waals surface area contributed by atoms with E-state index in [4.69, 9.17) is 0 Å². The number of halogens is 1. The van der Waals surface area contributed by atoms with Crippen molar-refractivity contribution in [1.29, 1.82) is 0 Å². The molecule has 0 spiro atoms. The van der Waals surface area contributed by atoms with Gasteiger partial charge in [0.15, 0.2) is 0 Å². The second-order valence-corrected chi connectivity index (χ2v) is 4.86. The zero-order valence-corrected chi connectivity index (χ0v) is 10.5. The number of benzene rings is 1. The van der Waals surface area contributed by atoms with Crippen LogP contribution < -0.4 is 0 Å². The van der Waals surface area contributed by atoms with Crippen LogP contribution >= 0.6 is 11.3 Å². The van der Waals surface area contributed by atoms with E-state index in [0.717, 1.165) is 5.56 Å². The molecule has 1 unspecified atom stereocenters. The van der Waals surface area contributed by atoms with Crippen molar-refractivity contribution in [3.63, 3.8) is 0 Å². The maximum absolute atomic E-state index is 13.6. The molecule has 4 heteroatoms. The molecule has 1 aromatic carbocycles. The molecule has 1 heterocycles. The van der Waals surface area contributed by atoms with Gasteiger partial charge in [-0.05, 0) is 41.3 Å². The molecule has 0 amide bonds. The highest BCUT2D eigenvalue weighted by atomic mass is 32.1. The fourth-order valence-electron chi connectivity index (χ4n) is 1.92. The summed E-state index contributed by atoms with van der Waals surface area (Å²) in [5.74, 6) is -2.21. The first-order valence-corrected chi connectivity index (χ1v) is 6.61. The van der Waals surface area contributed by atoms with Gasteiger partial charge in [-0.15, -0.1) is 0 Å². The zero-order valence-electron chi connectivity index (χ0n) is 9.67. The number of thiophene rings is 1. The number of aryl methyl sites for hydroxylation is 1. The van der Waals surface area contributed by atoms with Crippen LogP contribution in [0.2, 0.25) is 0 Å². The van der Waals surface area contributed by atoms with Crippen molar-refractivity contribution in [1.82, 2.24) is 0 Å². The highest BCUT2D eigenvalue weighted by Crippen LogP contribution is 2.25. The summed E-state index contributed by atoms with van der Waals surface area (Å²) in [6.07, 6.45) is 1.06. The summed E-state index contributed by atoms with van der Waals surface area (Å²) < 4.78 is 13.6. The monoisotopic (exact) mass is 264 g/mol. The van der Waals surface area contributed by atoms with Gasteiger partial charge in [0.2, 0.25) is 0 Å². The van der Waals surface area contributed by atoms with E-state index in [1.807, 2.05) is 16.8 Å². The molecule has 18 heavy (non-hydrogen) atoms. The standard InChI is InChI=1S/C14H13FO2S/c15-13-4-2-1-3-11(13)12(14(16)17)6-5-10-7-8-18-9-10/h1-4,7-9,12H,5-6H2,(H,16,17). The lowest BCUT2D eigenvalue weighted by Crippen LogP contribution is -2.14. The average molecular weight is 264 g/mol. The van der Waals surface area contributed by atoms with Gasteiger partial charge in [-0.25, -0.2) is 4.39 Å². The molecule has 0 aliphatic rings. The van der Waals surface area contributed by atoms with E-state index in [1.54, 1.807) is 29.5 Å². The molecule has 0 bridgehead atoms. The Hall–Kier alpha value is -1.68. The number of rotatable bonds is 5. The quantitative estimate of drug-likeness (QED) is 0.894. The molecule has 1 atom stereocenters. The third kappa shape index (κ3) is 2.96. The molecular formula is C14H13FO2S. The molecular weight excluding hydrogens is 251 g/mol. The zero-order chi connectivity index (χ0) is 13.0. The van der Waals surface area contributed by atoms with E-state index < -0.39 is 17.7 Å². The van der Waals surface area contributed by atoms with Gasteiger partial charge in [0.1, 0.15) is 5.82 Å². The summed E-state index contributed by atoms with van der Waals surface area (Å²) in [7, 11) is 0. The van der Waals surface area contributed by atoms with Crippen molar-refractivity contribution in [3.05, 3.63) is 58.0 Å². The number of hydrogen-bond donors (Lipinski definition) is 1. The number of carbonyl (C=O) groups is 1. The lowest BCUT2D eigenvalue weighted by molar-refractivity contribution is -0.139. The average Bonchev–Trinajstić information content (AvgIpc) is 2.84. The van der Waals surface area contributed by atoms with E-state index in [-0.39, 0.29) is 5.56 Å². The molecule has 2 nitrogen and oxygen atoms in total. The summed E-state index contributed by atoms with van der Waals surface area (Å²) in [6, 6.07) is 8.04. The highest BCUT2D eigenvalue weighted by Gasteiger charge is 2.22. The minimum atomic E-state index is -0.977. The Morgan fingerprint density at radius 1 is 1.33 bits per heavy atom. The SMILES string of the molecule is O=C(O)C(CCc1ccsc1)c1ccccc1F. The Labute approximate surface area is 109 Å². The Kier molecular flexibility index (Phi) is 4.10.